The first-order valence-corrected chi connectivity index (χ1v) is 14.7. The second kappa shape index (κ2) is 8.96. The van der Waals surface area contributed by atoms with Crippen molar-refractivity contribution in [3.8, 4) is 22.5 Å². The van der Waals surface area contributed by atoms with Gasteiger partial charge in [0.1, 0.15) is 18.2 Å². The first kappa shape index (κ1) is 22.9. The van der Waals surface area contributed by atoms with Gasteiger partial charge in [0.2, 0.25) is 0 Å². The lowest BCUT2D eigenvalue weighted by Gasteiger charge is -2.19. The van der Waals surface area contributed by atoms with E-state index in [9.17, 15) is 4.79 Å². The molecule has 172 valence electrons. The van der Waals surface area contributed by atoms with Crippen molar-refractivity contribution in [2.24, 2.45) is 5.73 Å². The maximum atomic E-state index is 15.3. The van der Waals surface area contributed by atoms with Crippen molar-refractivity contribution in [1.29, 1.82) is 0 Å². The van der Waals surface area contributed by atoms with Crippen LogP contribution in [0, 0.1) is 12.7 Å². The third kappa shape index (κ3) is 4.62. The largest absolute Gasteiger partial charge is 0.366 e. The summed E-state index contributed by atoms with van der Waals surface area (Å²) in [6.07, 6.45) is 3.52. The summed E-state index contributed by atoms with van der Waals surface area (Å²) in [6, 6.07) is 11.7. The Kier molecular flexibility index (Phi) is 6.23. The van der Waals surface area contributed by atoms with Crippen molar-refractivity contribution in [3.05, 3.63) is 65.7 Å². The van der Waals surface area contributed by atoms with Gasteiger partial charge in [-0.25, -0.2) is 9.37 Å². The number of hydrogen-bond donors (Lipinski definition) is 2. The smallest absolute Gasteiger partial charge is 0.250 e. The van der Waals surface area contributed by atoms with E-state index in [2.05, 4.69) is 29.6 Å². The normalized spacial score (nSPS) is 11.9. The lowest BCUT2D eigenvalue weighted by atomic mass is 10.0. The molecule has 0 spiro atoms. The van der Waals surface area contributed by atoms with Crippen molar-refractivity contribution in [2.45, 2.75) is 39.3 Å². The number of nitrogens with one attached hydrogen (secondary N) is 1. The number of aryl methyl sites for hydroxylation is 1. The highest BCUT2D eigenvalue weighted by atomic mass is 28.3. The number of aromatic nitrogens is 3. The van der Waals surface area contributed by atoms with E-state index in [0.29, 0.717) is 23.4 Å². The Morgan fingerprint density at radius 1 is 1.21 bits per heavy atom. The topological polar surface area (TPSA) is 85.9 Å². The van der Waals surface area contributed by atoms with Crippen LogP contribution in [0.5, 0.6) is 0 Å². The molecule has 0 atom stereocenters. The number of amides is 1. The molecule has 33 heavy (non-hydrogen) atoms. The van der Waals surface area contributed by atoms with Gasteiger partial charge >= 0.3 is 0 Å². The minimum atomic E-state index is -1.29. The minimum Gasteiger partial charge on any atom is -0.366 e. The molecule has 4 aromatic rings. The van der Waals surface area contributed by atoms with E-state index < -0.39 is 14.0 Å². The molecule has 3 N–H and O–H groups in total. The Hall–Kier alpha value is -3.23. The van der Waals surface area contributed by atoms with Gasteiger partial charge in [-0.05, 0) is 42.8 Å². The van der Waals surface area contributed by atoms with Gasteiger partial charge in [-0.2, -0.15) is 0 Å². The van der Waals surface area contributed by atoms with Gasteiger partial charge in [-0.3, -0.25) is 4.79 Å². The molecule has 1 amide bonds. The number of ether oxygens (including phenoxy) is 1. The fourth-order valence-corrected chi connectivity index (χ4v) is 4.69. The highest BCUT2D eigenvalue weighted by Gasteiger charge is 2.25. The van der Waals surface area contributed by atoms with Crippen LogP contribution in [0.15, 0.2) is 48.8 Å². The fourth-order valence-electron chi connectivity index (χ4n) is 3.93. The number of rotatable bonds is 8. The molecule has 4 rings (SSSR count). The summed E-state index contributed by atoms with van der Waals surface area (Å²) in [5.74, 6) is -0.998. The maximum Gasteiger partial charge on any atom is 0.250 e. The zero-order chi connectivity index (χ0) is 23.8. The SMILES string of the molecule is Cc1cccc(-c2c(C(N)=O)cc(-c3ccnc4[nH]ccc34)n2COCC[Si](C)(C)C)c1F. The van der Waals surface area contributed by atoms with Crippen LogP contribution in [0.25, 0.3) is 33.5 Å². The summed E-state index contributed by atoms with van der Waals surface area (Å²) in [7, 11) is -1.29. The molecular weight excluding hydrogens is 435 g/mol. The Labute approximate surface area is 193 Å². The summed E-state index contributed by atoms with van der Waals surface area (Å²) >= 11 is 0. The fraction of sp³-hybridized carbons (Fsp3) is 0.280. The van der Waals surface area contributed by atoms with Gasteiger partial charge in [0.25, 0.3) is 5.91 Å². The van der Waals surface area contributed by atoms with Gasteiger partial charge in [0.15, 0.2) is 0 Å². The van der Waals surface area contributed by atoms with Gasteiger partial charge < -0.3 is 20.0 Å². The molecule has 0 saturated carbocycles. The first-order valence-electron chi connectivity index (χ1n) is 11.0. The lowest BCUT2D eigenvalue weighted by molar-refractivity contribution is 0.0893. The Morgan fingerprint density at radius 3 is 2.73 bits per heavy atom. The van der Waals surface area contributed by atoms with E-state index in [4.69, 9.17) is 10.5 Å². The second-order valence-electron chi connectivity index (χ2n) is 9.47. The highest BCUT2D eigenvalue weighted by Crippen LogP contribution is 2.37. The van der Waals surface area contributed by atoms with Gasteiger partial charge in [-0.15, -0.1) is 0 Å². The molecular formula is C25H29FN4O2Si. The lowest BCUT2D eigenvalue weighted by Crippen LogP contribution is -2.22. The molecule has 0 unspecified atom stereocenters. The molecule has 0 bridgehead atoms. The molecule has 0 radical (unpaired) electrons. The summed E-state index contributed by atoms with van der Waals surface area (Å²) in [5.41, 5.74) is 9.58. The van der Waals surface area contributed by atoms with Crippen molar-refractivity contribution in [2.75, 3.05) is 6.61 Å². The summed E-state index contributed by atoms with van der Waals surface area (Å²) < 4.78 is 23.2. The van der Waals surface area contributed by atoms with E-state index >= 15 is 4.39 Å². The maximum absolute atomic E-state index is 15.3. The van der Waals surface area contributed by atoms with Crippen LogP contribution < -0.4 is 5.73 Å². The molecule has 1 aromatic carbocycles. The number of nitrogens with zero attached hydrogens (tertiary/aromatic N) is 2. The summed E-state index contributed by atoms with van der Waals surface area (Å²) in [4.78, 5) is 20.0. The number of primary amides is 1. The summed E-state index contributed by atoms with van der Waals surface area (Å²) in [6.45, 7) is 9.32. The van der Waals surface area contributed by atoms with Crippen LogP contribution in [0.3, 0.4) is 0 Å². The molecule has 3 aromatic heterocycles. The number of pyridine rings is 1. The Morgan fingerprint density at radius 2 is 2.00 bits per heavy atom. The van der Waals surface area contributed by atoms with Crippen LogP contribution in [-0.2, 0) is 11.5 Å². The van der Waals surface area contributed by atoms with Crippen molar-refractivity contribution >= 4 is 25.0 Å². The monoisotopic (exact) mass is 464 g/mol. The van der Waals surface area contributed by atoms with E-state index in [1.165, 1.54) is 0 Å². The van der Waals surface area contributed by atoms with Crippen LogP contribution in [0.4, 0.5) is 4.39 Å². The van der Waals surface area contributed by atoms with E-state index in [0.717, 1.165) is 28.3 Å². The summed E-state index contributed by atoms with van der Waals surface area (Å²) in [5, 5.41) is 0.894. The van der Waals surface area contributed by atoms with Crippen LogP contribution in [-0.4, -0.2) is 35.1 Å². The number of hydrogen-bond acceptors (Lipinski definition) is 3. The molecule has 0 fully saturated rings. The highest BCUT2D eigenvalue weighted by molar-refractivity contribution is 6.76. The molecule has 0 aliphatic rings. The van der Waals surface area contributed by atoms with Gasteiger partial charge in [0.05, 0.1) is 17.0 Å². The number of nitrogens with two attached hydrogens (primary N) is 1. The number of benzene rings is 1. The number of carbonyl (C=O) groups excluding carboxylic acids is 1. The van der Waals surface area contributed by atoms with Crippen molar-refractivity contribution in [3.63, 3.8) is 0 Å². The van der Waals surface area contributed by atoms with Crippen molar-refractivity contribution < 1.29 is 13.9 Å². The number of aromatic amines is 1. The van der Waals surface area contributed by atoms with Crippen LogP contribution in [0.1, 0.15) is 15.9 Å². The number of fused-ring (bicyclic) bond motifs is 1. The molecule has 3 heterocycles. The van der Waals surface area contributed by atoms with Crippen LogP contribution in [0.2, 0.25) is 25.7 Å². The average molecular weight is 465 g/mol. The zero-order valence-corrected chi connectivity index (χ0v) is 20.4. The standard InChI is InChI=1S/C25H29FN4O2Si/c1-16-6-5-7-19(22(16)26)23-20(24(27)31)14-21(30(23)15-32-12-13-33(2,3)4)17-8-10-28-25-18(17)9-11-29-25/h5-11,14H,12-13,15H2,1-4H3,(H2,27,31)(H,28,29). The predicted octanol–water partition coefficient (Wildman–Crippen LogP) is 5.56. The van der Waals surface area contributed by atoms with E-state index in [-0.39, 0.29) is 18.1 Å². The number of carbonyl (C=O) groups is 1. The quantitative estimate of drug-likeness (QED) is 0.264. The van der Waals surface area contributed by atoms with E-state index in [1.54, 1.807) is 37.4 Å². The minimum absolute atomic E-state index is 0.171. The molecule has 0 aliphatic carbocycles. The molecule has 0 aliphatic heterocycles. The number of halogens is 1. The van der Waals surface area contributed by atoms with Gasteiger partial charge in [0, 0.05) is 43.6 Å². The van der Waals surface area contributed by atoms with Gasteiger partial charge in [-0.1, -0.05) is 31.8 Å². The Balaban J connectivity index is 1.92. The van der Waals surface area contributed by atoms with E-state index in [1.807, 2.05) is 22.9 Å². The number of H-pyrrole nitrogens is 1. The predicted molar refractivity (Wildman–Crippen MR) is 132 cm³/mol. The van der Waals surface area contributed by atoms with Crippen molar-refractivity contribution in [1.82, 2.24) is 14.5 Å². The first-order chi connectivity index (χ1) is 15.7. The molecule has 0 saturated heterocycles. The molecule has 6 nitrogen and oxygen atoms in total. The average Bonchev–Trinajstić information content (AvgIpc) is 3.37. The Bertz CT molecular complexity index is 1320. The third-order valence-electron chi connectivity index (χ3n) is 5.76. The zero-order valence-electron chi connectivity index (χ0n) is 19.4. The third-order valence-corrected chi connectivity index (χ3v) is 7.47. The molecule has 8 heteroatoms. The second-order valence-corrected chi connectivity index (χ2v) is 15.1. The van der Waals surface area contributed by atoms with Crippen LogP contribution >= 0.6 is 0 Å².